The van der Waals surface area contributed by atoms with Gasteiger partial charge in [-0.15, -0.1) is 0 Å². The van der Waals surface area contributed by atoms with Crippen LogP contribution in [0.2, 0.25) is 0 Å². The Balaban J connectivity index is 1.66. The topological polar surface area (TPSA) is 39.4 Å². The van der Waals surface area contributed by atoms with Crippen molar-refractivity contribution in [3.63, 3.8) is 0 Å². The van der Waals surface area contributed by atoms with E-state index in [1.54, 1.807) is 0 Å². The molecule has 126 valence electrons. The number of benzene rings is 2. The van der Waals surface area contributed by atoms with Gasteiger partial charge in [-0.05, 0) is 55.0 Å². The van der Waals surface area contributed by atoms with Crippen molar-refractivity contribution in [3.05, 3.63) is 81.2 Å². The number of ether oxygens (including phenoxy) is 1. The fourth-order valence-electron chi connectivity index (χ4n) is 3.53. The van der Waals surface area contributed by atoms with Crippen LogP contribution in [0.4, 0.5) is 0 Å². The minimum Gasteiger partial charge on any atom is -0.488 e. The number of hydrogen-bond acceptors (Lipinski definition) is 3. The highest BCUT2D eigenvalue weighted by Crippen LogP contribution is 2.33. The summed E-state index contributed by atoms with van der Waals surface area (Å²) in [6.07, 6.45) is 4.62. The number of aryl methyl sites for hydroxylation is 2. The Kier molecular flexibility index (Phi) is 3.92. The summed E-state index contributed by atoms with van der Waals surface area (Å²) in [5.41, 5.74) is 5.52. The summed E-state index contributed by atoms with van der Waals surface area (Å²) in [6.45, 7) is 6.18. The first-order valence-electron chi connectivity index (χ1n) is 8.59. The van der Waals surface area contributed by atoms with Crippen LogP contribution in [-0.2, 0) is 19.4 Å². The third kappa shape index (κ3) is 2.76. The van der Waals surface area contributed by atoms with Crippen molar-refractivity contribution in [2.45, 2.75) is 32.8 Å². The Labute approximate surface area is 146 Å². The van der Waals surface area contributed by atoms with E-state index in [1.807, 2.05) is 49.4 Å². The molecule has 25 heavy (non-hydrogen) atoms. The summed E-state index contributed by atoms with van der Waals surface area (Å²) in [4.78, 5) is 12.2. The lowest BCUT2D eigenvalue weighted by molar-refractivity contribution is 0.304. The molecule has 0 bridgehead atoms. The Morgan fingerprint density at radius 3 is 2.64 bits per heavy atom. The zero-order valence-electron chi connectivity index (χ0n) is 14.3. The maximum Gasteiger partial charge on any atom is 0.339 e. The van der Waals surface area contributed by atoms with Crippen LogP contribution in [-0.4, -0.2) is 0 Å². The zero-order valence-corrected chi connectivity index (χ0v) is 14.3. The zero-order chi connectivity index (χ0) is 17.4. The van der Waals surface area contributed by atoms with Crippen LogP contribution in [0.15, 0.2) is 52.2 Å². The molecule has 4 rings (SSSR count). The van der Waals surface area contributed by atoms with Gasteiger partial charge in [-0.1, -0.05) is 36.9 Å². The van der Waals surface area contributed by atoms with Crippen LogP contribution >= 0.6 is 0 Å². The largest absolute Gasteiger partial charge is 0.488 e. The molecule has 1 aliphatic rings. The van der Waals surface area contributed by atoms with E-state index in [9.17, 15) is 4.79 Å². The van der Waals surface area contributed by atoms with E-state index < -0.39 is 0 Å². The lowest BCUT2D eigenvalue weighted by Gasteiger charge is -2.12. The number of rotatable bonds is 4. The van der Waals surface area contributed by atoms with Gasteiger partial charge >= 0.3 is 5.63 Å². The van der Waals surface area contributed by atoms with E-state index in [2.05, 4.69) is 6.58 Å². The minimum absolute atomic E-state index is 0.194. The predicted octanol–water partition coefficient (Wildman–Crippen LogP) is 4.81. The fourth-order valence-corrected chi connectivity index (χ4v) is 3.53. The molecule has 3 aromatic rings. The second-order valence-electron chi connectivity index (χ2n) is 6.50. The van der Waals surface area contributed by atoms with Gasteiger partial charge in [-0.2, -0.15) is 0 Å². The number of fused-ring (bicyclic) bond motifs is 3. The third-order valence-electron chi connectivity index (χ3n) is 4.95. The normalized spacial score (nSPS) is 13.0. The molecule has 0 unspecified atom stereocenters. The van der Waals surface area contributed by atoms with Crippen LogP contribution < -0.4 is 10.4 Å². The van der Waals surface area contributed by atoms with E-state index in [0.717, 1.165) is 58.2 Å². The second kappa shape index (κ2) is 6.25. The van der Waals surface area contributed by atoms with Gasteiger partial charge in [0.15, 0.2) is 0 Å². The molecule has 2 aromatic carbocycles. The van der Waals surface area contributed by atoms with Crippen molar-refractivity contribution >= 4 is 17.0 Å². The van der Waals surface area contributed by atoms with E-state index in [4.69, 9.17) is 9.15 Å². The van der Waals surface area contributed by atoms with Crippen LogP contribution in [0.25, 0.3) is 17.0 Å². The minimum atomic E-state index is -0.194. The highest BCUT2D eigenvalue weighted by Gasteiger charge is 2.21. The van der Waals surface area contributed by atoms with Gasteiger partial charge in [0.05, 0.1) is 0 Å². The van der Waals surface area contributed by atoms with Crippen molar-refractivity contribution in [3.8, 4) is 5.75 Å². The summed E-state index contributed by atoms with van der Waals surface area (Å²) in [5, 5.41) is 1.05. The molecule has 0 N–H and O–H groups in total. The van der Waals surface area contributed by atoms with E-state index in [0.29, 0.717) is 12.2 Å². The van der Waals surface area contributed by atoms with Gasteiger partial charge in [-0.25, -0.2) is 4.79 Å². The van der Waals surface area contributed by atoms with Gasteiger partial charge in [0, 0.05) is 16.5 Å². The van der Waals surface area contributed by atoms with E-state index >= 15 is 0 Å². The average Bonchev–Trinajstić information content (AvgIpc) is 3.13. The van der Waals surface area contributed by atoms with Gasteiger partial charge in [0.25, 0.3) is 0 Å². The second-order valence-corrected chi connectivity index (χ2v) is 6.50. The molecule has 1 aromatic heterocycles. The Bertz CT molecular complexity index is 1010. The van der Waals surface area contributed by atoms with Crippen molar-refractivity contribution < 1.29 is 9.15 Å². The van der Waals surface area contributed by atoms with Crippen molar-refractivity contribution in [2.75, 3.05) is 0 Å². The summed E-state index contributed by atoms with van der Waals surface area (Å²) < 4.78 is 11.6. The molecule has 0 saturated carbocycles. The quantitative estimate of drug-likeness (QED) is 0.644. The first kappa shape index (κ1) is 15.7. The summed E-state index contributed by atoms with van der Waals surface area (Å²) in [6, 6.07) is 12.1. The fraction of sp³-hybridized carbons (Fsp3) is 0.227. The molecule has 0 aliphatic heterocycles. The van der Waals surface area contributed by atoms with Crippen LogP contribution in [0.5, 0.6) is 5.75 Å². The standard InChI is InChI=1S/C22H20O3/c1-3-15-7-9-16(10-8-15)13-24-20-12-11-18-17-5-4-6-19(17)22(23)25-21(18)14(20)2/h3,7-12H,1,4-6,13H2,2H3. The smallest absolute Gasteiger partial charge is 0.339 e. The molecule has 0 fully saturated rings. The molecular weight excluding hydrogens is 312 g/mol. The van der Waals surface area contributed by atoms with Gasteiger partial charge in [-0.3, -0.25) is 0 Å². The number of hydrogen-bond donors (Lipinski definition) is 0. The molecule has 0 amide bonds. The predicted molar refractivity (Wildman–Crippen MR) is 100 cm³/mol. The monoisotopic (exact) mass is 332 g/mol. The summed E-state index contributed by atoms with van der Waals surface area (Å²) >= 11 is 0. The summed E-state index contributed by atoms with van der Waals surface area (Å²) in [7, 11) is 0. The van der Waals surface area contributed by atoms with Crippen LogP contribution in [0, 0.1) is 6.92 Å². The Morgan fingerprint density at radius 2 is 1.88 bits per heavy atom. The van der Waals surface area contributed by atoms with E-state index in [-0.39, 0.29) is 5.63 Å². The molecule has 1 aliphatic carbocycles. The maximum atomic E-state index is 12.2. The molecule has 3 nitrogen and oxygen atoms in total. The lowest BCUT2D eigenvalue weighted by Crippen LogP contribution is -2.08. The molecule has 1 heterocycles. The molecule has 0 radical (unpaired) electrons. The third-order valence-corrected chi connectivity index (χ3v) is 4.95. The van der Waals surface area contributed by atoms with E-state index in [1.165, 1.54) is 0 Å². The molecule has 0 atom stereocenters. The van der Waals surface area contributed by atoms with Gasteiger partial charge in [0.1, 0.15) is 17.9 Å². The lowest BCUT2D eigenvalue weighted by atomic mass is 10.0. The van der Waals surface area contributed by atoms with Gasteiger partial charge < -0.3 is 9.15 Å². The van der Waals surface area contributed by atoms with Crippen molar-refractivity contribution in [1.82, 2.24) is 0 Å². The molecular formula is C22H20O3. The average molecular weight is 332 g/mol. The van der Waals surface area contributed by atoms with Crippen LogP contribution in [0.3, 0.4) is 0 Å². The highest BCUT2D eigenvalue weighted by molar-refractivity contribution is 5.86. The summed E-state index contributed by atoms with van der Waals surface area (Å²) in [5.74, 6) is 0.751. The van der Waals surface area contributed by atoms with Crippen LogP contribution in [0.1, 0.15) is 34.2 Å². The Morgan fingerprint density at radius 1 is 1.12 bits per heavy atom. The Hall–Kier alpha value is -2.81. The maximum absolute atomic E-state index is 12.2. The highest BCUT2D eigenvalue weighted by atomic mass is 16.5. The van der Waals surface area contributed by atoms with Crippen molar-refractivity contribution in [1.29, 1.82) is 0 Å². The first-order chi connectivity index (χ1) is 12.2. The van der Waals surface area contributed by atoms with Crippen molar-refractivity contribution in [2.24, 2.45) is 0 Å². The SMILES string of the molecule is C=Cc1ccc(COc2ccc3c4c(c(=O)oc3c2C)CCC4)cc1. The molecule has 0 spiro atoms. The first-order valence-corrected chi connectivity index (χ1v) is 8.59. The molecule has 0 saturated heterocycles. The van der Waals surface area contributed by atoms with Gasteiger partial charge in [0.2, 0.25) is 0 Å². The molecule has 3 heteroatoms.